The van der Waals surface area contributed by atoms with Gasteiger partial charge in [-0.1, -0.05) is 24.3 Å². The molecule has 0 aliphatic heterocycles. The van der Waals surface area contributed by atoms with Crippen molar-refractivity contribution < 1.29 is 8.42 Å². The Hall–Kier alpha value is -2.77. The molecule has 2 aromatic carbocycles. The summed E-state index contributed by atoms with van der Waals surface area (Å²) >= 11 is 1.66. The number of rotatable bonds is 7. The Labute approximate surface area is 204 Å². The molecule has 4 N–H and O–H groups in total. The van der Waals surface area contributed by atoms with Gasteiger partial charge in [0.2, 0.25) is 0 Å². The average Bonchev–Trinajstić information content (AvgIpc) is 3.42. The molecular weight excluding hydrogens is 466 g/mol. The van der Waals surface area contributed by atoms with E-state index in [9.17, 15) is 13.7 Å². The van der Waals surface area contributed by atoms with Gasteiger partial charge >= 0.3 is 0 Å². The van der Waals surface area contributed by atoms with E-state index in [-0.39, 0.29) is 10.5 Å². The van der Waals surface area contributed by atoms with Crippen LogP contribution in [0.1, 0.15) is 48.5 Å². The van der Waals surface area contributed by atoms with E-state index in [2.05, 4.69) is 15.0 Å². The molecule has 2 aliphatic carbocycles. The number of nitriles is 1. The van der Waals surface area contributed by atoms with Gasteiger partial charge in [-0.2, -0.15) is 5.26 Å². The third kappa shape index (κ3) is 5.00. The molecule has 0 spiro atoms. The van der Waals surface area contributed by atoms with Crippen LogP contribution in [0.4, 0.5) is 5.69 Å². The molecule has 34 heavy (non-hydrogen) atoms. The second-order valence-electron chi connectivity index (χ2n) is 9.09. The zero-order chi connectivity index (χ0) is 23.7. The highest BCUT2D eigenvalue weighted by Gasteiger charge is 2.41. The summed E-state index contributed by atoms with van der Waals surface area (Å²) in [4.78, 5) is 5.84. The number of anilines is 1. The van der Waals surface area contributed by atoms with Crippen LogP contribution in [0, 0.1) is 11.3 Å². The molecule has 2 fully saturated rings. The summed E-state index contributed by atoms with van der Waals surface area (Å²) in [5.41, 5.74) is 7.42. The zero-order valence-corrected chi connectivity index (χ0v) is 20.3. The Morgan fingerprint density at radius 1 is 1.09 bits per heavy atom. The van der Waals surface area contributed by atoms with Crippen molar-refractivity contribution in [3.63, 3.8) is 0 Å². The molecule has 176 valence electrons. The van der Waals surface area contributed by atoms with E-state index in [0.29, 0.717) is 29.7 Å². The predicted molar refractivity (Wildman–Crippen MR) is 134 cm³/mol. The van der Waals surface area contributed by atoms with Gasteiger partial charge in [0.1, 0.15) is 16.0 Å². The van der Waals surface area contributed by atoms with E-state index < -0.39 is 10.0 Å². The first-order chi connectivity index (χ1) is 16.4. The number of nitrogens with zero attached hydrogens (tertiary/aromatic N) is 2. The van der Waals surface area contributed by atoms with E-state index in [1.54, 1.807) is 41.7 Å². The van der Waals surface area contributed by atoms with E-state index in [1.807, 2.05) is 18.3 Å². The van der Waals surface area contributed by atoms with Crippen molar-refractivity contribution in [2.75, 3.05) is 4.72 Å². The summed E-state index contributed by atoms with van der Waals surface area (Å²) < 4.78 is 28.3. The quantitative estimate of drug-likeness (QED) is 0.454. The largest absolute Gasteiger partial charge is 0.328 e. The lowest BCUT2D eigenvalue weighted by Gasteiger charge is -2.27. The molecule has 1 heterocycles. The van der Waals surface area contributed by atoms with Gasteiger partial charge in [0.05, 0.1) is 5.56 Å². The number of sulfonamides is 1. The van der Waals surface area contributed by atoms with E-state index in [4.69, 9.17) is 5.73 Å². The van der Waals surface area contributed by atoms with Gasteiger partial charge in [-0.25, -0.2) is 13.4 Å². The first-order valence-electron chi connectivity index (χ1n) is 11.5. The summed E-state index contributed by atoms with van der Waals surface area (Å²) in [5.74, 6) is 0.492. The third-order valence-electron chi connectivity index (χ3n) is 6.56. The van der Waals surface area contributed by atoms with Gasteiger partial charge in [-0.15, -0.1) is 11.3 Å². The number of nitrogens with one attached hydrogen (secondary N) is 2. The minimum Gasteiger partial charge on any atom is -0.328 e. The van der Waals surface area contributed by atoms with Crippen LogP contribution in [0.3, 0.4) is 0 Å². The van der Waals surface area contributed by atoms with E-state index in [0.717, 1.165) is 42.7 Å². The van der Waals surface area contributed by atoms with Gasteiger partial charge < -0.3 is 11.1 Å². The fourth-order valence-corrected chi connectivity index (χ4v) is 6.89. The lowest BCUT2D eigenvalue weighted by molar-refractivity contribution is 0.340. The van der Waals surface area contributed by atoms with Crippen molar-refractivity contribution in [1.29, 1.82) is 5.26 Å². The SMILES string of the molecule is N#Cc1ccccc1S(=O)(=O)Nc1cccc(-c2ncc(C3CC3NC3CCC(N)CC3)s2)c1. The number of thiazole rings is 1. The number of benzene rings is 2. The van der Waals surface area contributed by atoms with Gasteiger partial charge in [0.25, 0.3) is 10.0 Å². The lowest BCUT2D eigenvalue weighted by Crippen LogP contribution is -2.38. The van der Waals surface area contributed by atoms with Crippen LogP contribution >= 0.6 is 11.3 Å². The molecule has 5 rings (SSSR count). The maximum Gasteiger partial charge on any atom is 0.263 e. The maximum atomic E-state index is 12.9. The van der Waals surface area contributed by atoms with Crippen LogP contribution in [0.5, 0.6) is 0 Å². The van der Waals surface area contributed by atoms with Crippen LogP contribution in [-0.2, 0) is 10.0 Å². The highest BCUT2D eigenvalue weighted by molar-refractivity contribution is 7.92. The minimum atomic E-state index is -3.88. The third-order valence-corrected chi connectivity index (χ3v) is 9.18. The lowest BCUT2D eigenvalue weighted by atomic mass is 9.92. The van der Waals surface area contributed by atoms with Crippen molar-refractivity contribution in [1.82, 2.24) is 10.3 Å². The molecule has 0 bridgehead atoms. The normalized spacial score (nSPS) is 24.4. The molecule has 0 amide bonds. The molecule has 2 atom stereocenters. The number of nitrogens with two attached hydrogens (primary N) is 1. The first-order valence-corrected chi connectivity index (χ1v) is 13.8. The van der Waals surface area contributed by atoms with Gasteiger partial charge in [0.15, 0.2) is 0 Å². The van der Waals surface area contributed by atoms with Crippen LogP contribution in [0.25, 0.3) is 10.6 Å². The summed E-state index contributed by atoms with van der Waals surface area (Å²) in [6.07, 6.45) is 7.58. The first kappa shape index (κ1) is 23.0. The summed E-state index contributed by atoms with van der Waals surface area (Å²) in [6, 6.07) is 16.7. The molecule has 0 radical (unpaired) electrons. The number of hydrogen-bond donors (Lipinski definition) is 3. The molecule has 2 saturated carbocycles. The van der Waals surface area contributed by atoms with Crippen LogP contribution in [0.15, 0.2) is 59.6 Å². The molecule has 0 saturated heterocycles. The fourth-order valence-electron chi connectivity index (χ4n) is 4.59. The molecular formula is C25H27N5O2S2. The average molecular weight is 494 g/mol. The Morgan fingerprint density at radius 2 is 1.88 bits per heavy atom. The van der Waals surface area contributed by atoms with E-state index >= 15 is 0 Å². The second kappa shape index (κ2) is 9.47. The summed E-state index contributed by atoms with van der Waals surface area (Å²) in [7, 11) is -3.88. The number of hydrogen-bond acceptors (Lipinski definition) is 7. The minimum absolute atomic E-state index is 0.0355. The Morgan fingerprint density at radius 3 is 2.68 bits per heavy atom. The Bertz CT molecular complexity index is 1320. The molecule has 2 unspecified atom stereocenters. The summed E-state index contributed by atoms with van der Waals surface area (Å²) in [6.45, 7) is 0. The molecule has 3 aromatic rings. The van der Waals surface area contributed by atoms with Crippen LogP contribution in [0.2, 0.25) is 0 Å². The highest BCUT2D eigenvalue weighted by atomic mass is 32.2. The second-order valence-corrected chi connectivity index (χ2v) is 11.8. The van der Waals surface area contributed by atoms with Crippen molar-refractivity contribution in [2.24, 2.45) is 5.73 Å². The van der Waals surface area contributed by atoms with Crippen molar-refractivity contribution in [2.45, 2.75) is 61.0 Å². The fraction of sp³-hybridized carbons (Fsp3) is 0.360. The number of aromatic nitrogens is 1. The smallest absolute Gasteiger partial charge is 0.263 e. The molecule has 9 heteroatoms. The van der Waals surface area contributed by atoms with Crippen LogP contribution < -0.4 is 15.8 Å². The monoisotopic (exact) mass is 493 g/mol. The van der Waals surface area contributed by atoms with E-state index in [1.165, 1.54) is 17.0 Å². The molecule has 1 aromatic heterocycles. The Kier molecular flexibility index (Phi) is 6.40. The van der Waals surface area contributed by atoms with Gasteiger partial charge in [0, 0.05) is 46.4 Å². The standard InChI is InChI=1S/C25H27N5O2S2/c26-14-17-4-1-2-7-24(17)34(31,32)30-20-6-3-5-16(12-20)25-28-15-23(33-25)21-13-22(21)29-19-10-8-18(27)9-11-19/h1-7,12,15,18-19,21-22,29-30H,8-11,13,27H2. The molecule has 2 aliphatic rings. The van der Waals surface area contributed by atoms with Crippen LogP contribution in [-0.4, -0.2) is 31.5 Å². The van der Waals surface area contributed by atoms with Gasteiger partial charge in [-0.3, -0.25) is 4.72 Å². The Balaban J connectivity index is 1.26. The molecule has 7 nitrogen and oxygen atoms in total. The zero-order valence-electron chi connectivity index (χ0n) is 18.6. The van der Waals surface area contributed by atoms with Crippen molar-refractivity contribution in [3.05, 3.63) is 65.2 Å². The van der Waals surface area contributed by atoms with Gasteiger partial charge in [-0.05, 0) is 56.4 Å². The topological polar surface area (TPSA) is 121 Å². The maximum absolute atomic E-state index is 12.9. The predicted octanol–water partition coefficient (Wildman–Crippen LogP) is 4.20. The van der Waals surface area contributed by atoms with Crippen molar-refractivity contribution >= 4 is 27.0 Å². The summed E-state index contributed by atoms with van der Waals surface area (Å²) in [5, 5.41) is 13.9. The highest BCUT2D eigenvalue weighted by Crippen LogP contribution is 2.45. The van der Waals surface area contributed by atoms with Crippen molar-refractivity contribution in [3.8, 4) is 16.6 Å².